The molecule has 50 heavy (non-hydrogen) atoms. The molecule has 1 aliphatic rings. The predicted molar refractivity (Wildman–Crippen MR) is 200 cm³/mol. The highest BCUT2D eigenvalue weighted by Crippen LogP contribution is 2.39. The van der Waals surface area contributed by atoms with Gasteiger partial charge in [-0.3, -0.25) is 0 Å². The molecule has 0 bridgehead atoms. The number of allylic oxidation sites excluding steroid dienone is 1. The Kier molecular flexibility index (Phi) is 6.70. The van der Waals surface area contributed by atoms with Gasteiger partial charge in [0.15, 0.2) is 0 Å². The Bertz CT molecular complexity index is 2860. The minimum atomic E-state index is 0.548. The second kappa shape index (κ2) is 11.5. The first-order valence-corrected chi connectivity index (χ1v) is 16.6. The minimum Gasteiger partial charge on any atom is -0.313 e. The second-order valence-electron chi connectivity index (χ2n) is 12.7. The summed E-state index contributed by atoms with van der Waals surface area (Å²) in [5.74, 6) is 0. The third-order valence-electron chi connectivity index (χ3n) is 9.85. The van der Waals surface area contributed by atoms with Gasteiger partial charge in [-0.15, -0.1) is 0 Å². The van der Waals surface area contributed by atoms with Crippen LogP contribution in [0.1, 0.15) is 34.4 Å². The van der Waals surface area contributed by atoms with Gasteiger partial charge in [-0.05, 0) is 102 Å². The van der Waals surface area contributed by atoms with Crippen LogP contribution < -0.4 is 0 Å². The summed E-state index contributed by atoms with van der Waals surface area (Å²) in [4.78, 5) is 0. The number of fused-ring (bicyclic) bond motifs is 6. The van der Waals surface area contributed by atoms with Gasteiger partial charge in [0, 0.05) is 38.7 Å². The van der Waals surface area contributed by atoms with Gasteiger partial charge in [-0.2, -0.15) is 15.8 Å². The molecule has 9 rings (SSSR count). The number of hydrogen-bond donors (Lipinski definition) is 0. The molecule has 5 nitrogen and oxygen atoms in total. The van der Waals surface area contributed by atoms with Crippen LogP contribution in [0, 0.1) is 34.0 Å². The third-order valence-corrected chi connectivity index (χ3v) is 9.85. The maximum Gasteiger partial charge on any atom is 0.0992 e. The molecule has 0 N–H and O–H groups in total. The van der Waals surface area contributed by atoms with Crippen LogP contribution in [0.4, 0.5) is 0 Å². The number of nitrogens with zero attached hydrogens (tertiary/aromatic N) is 5. The van der Waals surface area contributed by atoms with Gasteiger partial charge >= 0.3 is 0 Å². The normalized spacial score (nSPS) is 12.1. The number of para-hydroxylation sites is 1. The molecule has 0 unspecified atom stereocenters. The topological polar surface area (TPSA) is 81.2 Å². The van der Waals surface area contributed by atoms with E-state index >= 15 is 0 Å². The fourth-order valence-electron chi connectivity index (χ4n) is 7.61. The Labute approximate surface area is 289 Å². The lowest BCUT2D eigenvalue weighted by Crippen LogP contribution is -2.03. The van der Waals surface area contributed by atoms with E-state index in [9.17, 15) is 15.8 Å². The van der Waals surface area contributed by atoms with Crippen molar-refractivity contribution in [2.24, 2.45) is 0 Å². The number of benzene rings is 6. The molecular formula is C45H27N5. The fourth-order valence-corrected chi connectivity index (χ4v) is 7.61. The van der Waals surface area contributed by atoms with Crippen molar-refractivity contribution in [3.8, 4) is 51.8 Å². The maximum absolute atomic E-state index is 9.98. The van der Waals surface area contributed by atoms with Gasteiger partial charge in [0.25, 0.3) is 0 Å². The summed E-state index contributed by atoms with van der Waals surface area (Å²) in [5, 5.41) is 32.6. The van der Waals surface area contributed by atoms with Gasteiger partial charge < -0.3 is 9.13 Å². The molecule has 232 valence electrons. The van der Waals surface area contributed by atoms with Crippen LogP contribution in [0.2, 0.25) is 0 Å². The molecule has 2 heterocycles. The first-order valence-electron chi connectivity index (χ1n) is 16.6. The van der Waals surface area contributed by atoms with E-state index in [1.54, 1.807) is 0 Å². The lowest BCUT2D eigenvalue weighted by atomic mass is 9.96. The van der Waals surface area contributed by atoms with Crippen LogP contribution in [-0.4, -0.2) is 9.13 Å². The van der Waals surface area contributed by atoms with Crippen molar-refractivity contribution in [3.63, 3.8) is 0 Å². The molecular weight excluding hydrogens is 611 g/mol. The molecule has 0 saturated heterocycles. The molecule has 0 spiro atoms. The van der Waals surface area contributed by atoms with Crippen LogP contribution in [0.25, 0.3) is 72.4 Å². The van der Waals surface area contributed by atoms with E-state index in [1.807, 2.05) is 54.6 Å². The molecule has 0 radical (unpaired) electrons. The monoisotopic (exact) mass is 637 g/mol. The maximum atomic E-state index is 9.98. The van der Waals surface area contributed by atoms with Gasteiger partial charge in [-0.1, -0.05) is 66.7 Å². The van der Waals surface area contributed by atoms with Gasteiger partial charge in [0.2, 0.25) is 0 Å². The second-order valence-corrected chi connectivity index (χ2v) is 12.7. The first-order chi connectivity index (χ1) is 24.6. The van der Waals surface area contributed by atoms with E-state index in [0.29, 0.717) is 16.7 Å². The van der Waals surface area contributed by atoms with Crippen LogP contribution in [-0.2, 0) is 6.42 Å². The highest BCUT2D eigenvalue weighted by Gasteiger charge is 2.20. The van der Waals surface area contributed by atoms with E-state index in [2.05, 4.69) is 112 Å². The SMILES string of the molecule is N#Cc1ccc(-n2c3ccc(C#N)cc3c3ccc(C#N)cc32)c(-c2cccc(-c3cccc(-n4c5c(c6ccccc64)C=CCC5)c3)c2)c1. The van der Waals surface area contributed by atoms with Crippen molar-refractivity contribution in [3.05, 3.63) is 161 Å². The zero-order valence-corrected chi connectivity index (χ0v) is 26.9. The average Bonchev–Trinajstić information content (AvgIpc) is 3.69. The first kappa shape index (κ1) is 29.0. The highest BCUT2D eigenvalue weighted by atomic mass is 15.0. The summed E-state index contributed by atoms with van der Waals surface area (Å²) in [5.41, 5.74) is 13.3. The molecule has 0 aliphatic heterocycles. The average molecular weight is 638 g/mol. The van der Waals surface area contributed by atoms with E-state index in [0.717, 1.165) is 68.3 Å². The van der Waals surface area contributed by atoms with Gasteiger partial charge in [0.05, 0.1) is 57.1 Å². The van der Waals surface area contributed by atoms with Crippen LogP contribution in [0.15, 0.2) is 133 Å². The molecule has 5 heteroatoms. The van der Waals surface area contributed by atoms with Crippen molar-refractivity contribution >= 4 is 38.8 Å². The number of rotatable bonds is 4. The molecule has 0 fully saturated rings. The molecule has 0 atom stereocenters. The number of hydrogen-bond acceptors (Lipinski definition) is 3. The largest absolute Gasteiger partial charge is 0.313 e. The van der Waals surface area contributed by atoms with Crippen molar-refractivity contribution in [2.45, 2.75) is 12.8 Å². The number of nitriles is 3. The van der Waals surface area contributed by atoms with Gasteiger partial charge in [-0.25, -0.2) is 0 Å². The zero-order valence-electron chi connectivity index (χ0n) is 26.9. The van der Waals surface area contributed by atoms with E-state index in [-0.39, 0.29) is 0 Å². The summed E-state index contributed by atoms with van der Waals surface area (Å²) in [6.07, 6.45) is 6.55. The predicted octanol–water partition coefficient (Wildman–Crippen LogP) is 10.6. The summed E-state index contributed by atoms with van der Waals surface area (Å²) in [6, 6.07) is 49.8. The van der Waals surface area contributed by atoms with Crippen LogP contribution >= 0.6 is 0 Å². The van der Waals surface area contributed by atoms with Gasteiger partial charge in [0.1, 0.15) is 0 Å². The molecule has 0 saturated carbocycles. The van der Waals surface area contributed by atoms with Crippen molar-refractivity contribution in [2.75, 3.05) is 0 Å². The smallest absolute Gasteiger partial charge is 0.0992 e. The Hall–Kier alpha value is -7.13. The zero-order chi connectivity index (χ0) is 33.8. The summed E-state index contributed by atoms with van der Waals surface area (Å²) in [7, 11) is 0. The van der Waals surface area contributed by atoms with E-state index < -0.39 is 0 Å². The third kappa shape index (κ3) is 4.52. The number of aromatic nitrogens is 2. The Morgan fingerprint density at radius 1 is 0.500 bits per heavy atom. The Balaban J connectivity index is 1.23. The lowest BCUT2D eigenvalue weighted by Gasteiger charge is -2.16. The molecule has 6 aromatic carbocycles. The quantitative estimate of drug-likeness (QED) is 0.193. The summed E-state index contributed by atoms with van der Waals surface area (Å²) in [6.45, 7) is 0. The van der Waals surface area contributed by atoms with Crippen molar-refractivity contribution < 1.29 is 0 Å². The van der Waals surface area contributed by atoms with Crippen LogP contribution in [0.5, 0.6) is 0 Å². The minimum absolute atomic E-state index is 0.548. The molecule has 8 aromatic rings. The lowest BCUT2D eigenvalue weighted by molar-refractivity contribution is 0.889. The molecule has 0 amide bonds. The van der Waals surface area contributed by atoms with Crippen molar-refractivity contribution in [1.29, 1.82) is 15.8 Å². The van der Waals surface area contributed by atoms with Crippen LogP contribution in [0.3, 0.4) is 0 Å². The fraction of sp³-hybridized carbons (Fsp3) is 0.0444. The summed E-state index contributed by atoms with van der Waals surface area (Å²) >= 11 is 0. The summed E-state index contributed by atoms with van der Waals surface area (Å²) < 4.78 is 4.55. The van der Waals surface area contributed by atoms with E-state index in [4.69, 9.17) is 0 Å². The highest BCUT2D eigenvalue weighted by molar-refractivity contribution is 6.10. The standard InChI is InChI=1S/C45H27N5/c46-26-29-16-19-43(50-44-20-17-30(27-47)22-40(44)38-18-15-31(28-48)23-45(38)50)39(21-29)34-9-5-7-32(24-34)33-8-6-10-35(25-33)49-41-13-3-1-11-36(41)37-12-2-4-14-42(37)49/h1-3,5-13,15-25H,4,14H2. The Morgan fingerprint density at radius 3 is 2.06 bits per heavy atom. The molecule has 2 aromatic heterocycles. The van der Waals surface area contributed by atoms with E-state index in [1.165, 1.54) is 22.2 Å². The Morgan fingerprint density at radius 2 is 1.20 bits per heavy atom. The van der Waals surface area contributed by atoms with Crippen molar-refractivity contribution in [1.82, 2.24) is 9.13 Å². The molecule has 1 aliphatic carbocycles.